The van der Waals surface area contributed by atoms with Crippen molar-refractivity contribution >= 4 is 17.5 Å². The van der Waals surface area contributed by atoms with Gasteiger partial charge in [0.05, 0.1) is 6.04 Å². The van der Waals surface area contributed by atoms with E-state index < -0.39 is 6.04 Å². The Morgan fingerprint density at radius 2 is 1.79 bits per heavy atom. The van der Waals surface area contributed by atoms with Crippen LogP contribution in [0.1, 0.15) is 19.3 Å². The number of hydrogen-bond acceptors (Lipinski definition) is 5. The summed E-state index contributed by atoms with van der Waals surface area (Å²) < 4.78 is 18.3. The van der Waals surface area contributed by atoms with E-state index in [2.05, 4.69) is 10.2 Å². The molecule has 0 spiro atoms. The number of amides is 2. The second-order valence-electron chi connectivity index (χ2n) is 7.36. The molecule has 28 heavy (non-hydrogen) atoms. The lowest BCUT2D eigenvalue weighted by Crippen LogP contribution is -2.50. The van der Waals surface area contributed by atoms with Crippen molar-refractivity contribution in [2.75, 3.05) is 50.8 Å². The standard InChI is InChI=1S/C20H29FN4O3/c21-16-1-3-17(4-2-16)24-9-11-25(12-10-24)18(26)5-8-23-20(27)19(22)15-6-13-28-14-7-15/h1-4,15,19H,5-14,22H2,(H,23,27). The second kappa shape index (κ2) is 9.84. The molecular formula is C20H29FN4O3. The van der Waals surface area contributed by atoms with Crippen LogP contribution in [-0.2, 0) is 14.3 Å². The van der Waals surface area contributed by atoms with E-state index in [1.165, 1.54) is 12.1 Å². The Morgan fingerprint density at radius 3 is 2.43 bits per heavy atom. The monoisotopic (exact) mass is 392 g/mol. The van der Waals surface area contributed by atoms with Crippen LogP contribution in [0.2, 0.25) is 0 Å². The van der Waals surface area contributed by atoms with Gasteiger partial charge < -0.3 is 25.6 Å². The Balaban J connectivity index is 1.36. The van der Waals surface area contributed by atoms with Gasteiger partial charge in [-0.1, -0.05) is 0 Å². The number of nitrogens with two attached hydrogens (primary N) is 1. The molecule has 0 aliphatic carbocycles. The lowest BCUT2D eigenvalue weighted by atomic mass is 9.92. The van der Waals surface area contributed by atoms with Gasteiger partial charge in [0.1, 0.15) is 5.82 Å². The van der Waals surface area contributed by atoms with Crippen molar-refractivity contribution in [1.82, 2.24) is 10.2 Å². The highest BCUT2D eigenvalue weighted by atomic mass is 19.1. The van der Waals surface area contributed by atoms with Crippen molar-refractivity contribution in [2.24, 2.45) is 11.7 Å². The van der Waals surface area contributed by atoms with Gasteiger partial charge in [0, 0.05) is 58.0 Å². The molecule has 8 heteroatoms. The molecule has 1 atom stereocenters. The SMILES string of the molecule is NC(C(=O)NCCC(=O)N1CCN(c2ccc(F)cc2)CC1)C1CCOCC1. The van der Waals surface area contributed by atoms with Crippen LogP contribution in [0.3, 0.4) is 0 Å². The minimum atomic E-state index is -0.543. The number of carbonyl (C=O) groups is 2. The van der Waals surface area contributed by atoms with Crippen molar-refractivity contribution < 1.29 is 18.7 Å². The summed E-state index contributed by atoms with van der Waals surface area (Å²) in [6.07, 6.45) is 1.86. The van der Waals surface area contributed by atoms with Crippen molar-refractivity contribution in [3.8, 4) is 0 Å². The molecule has 0 bridgehead atoms. The first-order valence-corrected chi connectivity index (χ1v) is 9.94. The van der Waals surface area contributed by atoms with Crippen LogP contribution in [0.4, 0.5) is 10.1 Å². The molecule has 2 aliphatic rings. The summed E-state index contributed by atoms with van der Waals surface area (Å²) in [4.78, 5) is 28.5. The van der Waals surface area contributed by atoms with E-state index in [4.69, 9.17) is 10.5 Å². The van der Waals surface area contributed by atoms with Crippen LogP contribution in [0, 0.1) is 11.7 Å². The van der Waals surface area contributed by atoms with Gasteiger partial charge in [0.25, 0.3) is 0 Å². The minimum absolute atomic E-state index is 0.0266. The molecule has 7 nitrogen and oxygen atoms in total. The number of nitrogens with zero attached hydrogens (tertiary/aromatic N) is 2. The highest BCUT2D eigenvalue weighted by Crippen LogP contribution is 2.18. The van der Waals surface area contributed by atoms with E-state index in [1.54, 1.807) is 12.1 Å². The zero-order valence-corrected chi connectivity index (χ0v) is 16.1. The Bertz CT molecular complexity index is 656. The fourth-order valence-electron chi connectivity index (χ4n) is 3.72. The summed E-state index contributed by atoms with van der Waals surface area (Å²) in [6, 6.07) is 5.85. The molecule has 3 N–H and O–H groups in total. The highest BCUT2D eigenvalue weighted by Gasteiger charge is 2.27. The third kappa shape index (κ3) is 5.42. The fourth-order valence-corrected chi connectivity index (χ4v) is 3.72. The summed E-state index contributed by atoms with van der Waals surface area (Å²) in [5, 5.41) is 2.79. The number of anilines is 1. The first-order valence-electron chi connectivity index (χ1n) is 9.94. The van der Waals surface area contributed by atoms with Crippen LogP contribution in [0.25, 0.3) is 0 Å². The van der Waals surface area contributed by atoms with Gasteiger partial charge in [-0.05, 0) is 43.0 Å². The quantitative estimate of drug-likeness (QED) is 0.745. The van der Waals surface area contributed by atoms with E-state index in [0.717, 1.165) is 18.5 Å². The molecule has 2 amide bonds. The van der Waals surface area contributed by atoms with Gasteiger partial charge in [-0.25, -0.2) is 4.39 Å². The number of ether oxygens (including phenoxy) is 1. The first-order chi connectivity index (χ1) is 13.5. The van der Waals surface area contributed by atoms with E-state index in [1.807, 2.05) is 4.90 Å². The molecule has 1 aromatic carbocycles. The normalized spacial score (nSPS) is 19.4. The van der Waals surface area contributed by atoms with Crippen molar-refractivity contribution in [3.05, 3.63) is 30.1 Å². The molecule has 1 unspecified atom stereocenters. The molecule has 0 aromatic heterocycles. The summed E-state index contributed by atoms with van der Waals surface area (Å²) in [6.45, 7) is 4.24. The van der Waals surface area contributed by atoms with E-state index in [9.17, 15) is 14.0 Å². The zero-order valence-electron chi connectivity index (χ0n) is 16.1. The summed E-state index contributed by atoms with van der Waals surface area (Å²) in [5.74, 6) is -0.278. The predicted octanol–water partition coefficient (Wildman–Crippen LogP) is 0.734. The molecule has 1 aromatic rings. The molecule has 3 rings (SSSR count). The topological polar surface area (TPSA) is 87.9 Å². The fraction of sp³-hybridized carbons (Fsp3) is 0.600. The maximum Gasteiger partial charge on any atom is 0.237 e. The van der Waals surface area contributed by atoms with Gasteiger partial charge in [0.2, 0.25) is 11.8 Å². The number of benzene rings is 1. The van der Waals surface area contributed by atoms with Gasteiger partial charge in [-0.3, -0.25) is 9.59 Å². The molecular weight excluding hydrogens is 363 g/mol. The summed E-state index contributed by atoms with van der Waals surface area (Å²) >= 11 is 0. The van der Waals surface area contributed by atoms with Crippen LogP contribution in [-0.4, -0.2) is 68.7 Å². The van der Waals surface area contributed by atoms with E-state index in [0.29, 0.717) is 45.9 Å². The summed E-state index contributed by atoms with van der Waals surface area (Å²) in [7, 11) is 0. The molecule has 2 aliphatic heterocycles. The van der Waals surface area contributed by atoms with Gasteiger partial charge in [-0.15, -0.1) is 0 Å². The van der Waals surface area contributed by atoms with Crippen LogP contribution >= 0.6 is 0 Å². The Hall–Kier alpha value is -2.19. The van der Waals surface area contributed by atoms with Crippen molar-refractivity contribution in [3.63, 3.8) is 0 Å². The molecule has 0 saturated carbocycles. The van der Waals surface area contributed by atoms with Gasteiger partial charge in [0.15, 0.2) is 0 Å². The summed E-state index contributed by atoms with van der Waals surface area (Å²) in [5.41, 5.74) is 7.00. The average molecular weight is 392 g/mol. The molecule has 2 fully saturated rings. The smallest absolute Gasteiger partial charge is 0.237 e. The number of hydrogen-bond donors (Lipinski definition) is 2. The van der Waals surface area contributed by atoms with Crippen molar-refractivity contribution in [2.45, 2.75) is 25.3 Å². The van der Waals surface area contributed by atoms with E-state index >= 15 is 0 Å². The number of halogens is 1. The van der Waals surface area contributed by atoms with Crippen LogP contribution < -0.4 is 16.0 Å². The maximum absolute atomic E-state index is 13.0. The third-order valence-corrected chi connectivity index (χ3v) is 5.54. The number of piperazine rings is 1. The van der Waals surface area contributed by atoms with Crippen LogP contribution in [0.5, 0.6) is 0 Å². The minimum Gasteiger partial charge on any atom is -0.381 e. The number of carbonyl (C=O) groups excluding carboxylic acids is 2. The Labute approximate surface area is 165 Å². The lowest BCUT2D eigenvalue weighted by molar-refractivity contribution is -0.131. The van der Waals surface area contributed by atoms with Gasteiger partial charge in [-0.2, -0.15) is 0 Å². The Morgan fingerprint density at radius 1 is 1.14 bits per heavy atom. The Kier molecular flexibility index (Phi) is 7.22. The van der Waals surface area contributed by atoms with Gasteiger partial charge >= 0.3 is 0 Å². The molecule has 2 saturated heterocycles. The third-order valence-electron chi connectivity index (χ3n) is 5.54. The molecule has 0 radical (unpaired) electrons. The van der Waals surface area contributed by atoms with E-state index in [-0.39, 0.29) is 30.0 Å². The first kappa shape index (κ1) is 20.5. The largest absolute Gasteiger partial charge is 0.381 e. The highest BCUT2D eigenvalue weighted by molar-refractivity contribution is 5.83. The van der Waals surface area contributed by atoms with Crippen LogP contribution in [0.15, 0.2) is 24.3 Å². The maximum atomic E-state index is 13.0. The lowest BCUT2D eigenvalue weighted by Gasteiger charge is -2.36. The predicted molar refractivity (Wildman–Crippen MR) is 104 cm³/mol. The number of nitrogens with one attached hydrogen (secondary N) is 1. The second-order valence-corrected chi connectivity index (χ2v) is 7.36. The average Bonchev–Trinajstić information content (AvgIpc) is 2.74. The number of rotatable bonds is 6. The zero-order chi connectivity index (χ0) is 19.9. The van der Waals surface area contributed by atoms with Crippen molar-refractivity contribution in [1.29, 1.82) is 0 Å². The molecule has 154 valence electrons. The molecule has 2 heterocycles.